The van der Waals surface area contributed by atoms with Crippen LogP contribution in [0.15, 0.2) is 17.0 Å². The Morgan fingerprint density at radius 3 is 2.09 bits per heavy atom. The van der Waals surface area contributed by atoms with Gasteiger partial charge in [0, 0.05) is 32.7 Å². The average Bonchev–Trinajstić information content (AvgIpc) is 2.73. The van der Waals surface area contributed by atoms with E-state index in [1.807, 2.05) is 33.8 Å². The molecule has 0 atom stereocenters. The zero-order chi connectivity index (χ0) is 25.4. The van der Waals surface area contributed by atoms with Crippen LogP contribution in [0.2, 0.25) is 0 Å². The molecule has 8 nitrogen and oxygen atoms in total. The van der Waals surface area contributed by atoms with E-state index in [2.05, 4.69) is 5.32 Å². The molecule has 1 fully saturated rings. The molecule has 0 unspecified atom stereocenters. The lowest BCUT2D eigenvalue weighted by Gasteiger charge is -2.30. The number of alkyl halides is 3. The summed E-state index contributed by atoms with van der Waals surface area (Å²) in [6, 6.07) is 3.63. The molecule has 1 saturated heterocycles. The van der Waals surface area contributed by atoms with E-state index in [0.29, 0.717) is 24.5 Å². The van der Waals surface area contributed by atoms with Crippen LogP contribution in [0.1, 0.15) is 36.5 Å². The van der Waals surface area contributed by atoms with E-state index >= 15 is 0 Å². The number of carboxylic acid groups (broad SMARTS) is 1. The highest BCUT2D eigenvalue weighted by Crippen LogP contribution is 2.24. The fraction of sp³-hybridized carbons (Fsp3) is 0.619. The third-order valence-corrected chi connectivity index (χ3v) is 7.18. The number of carboxylic acids is 1. The minimum Gasteiger partial charge on any atom is -0.475 e. The molecule has 2 N–H and O–H groups in total. The lowest BCUT2D eigenvalue weighted by atomic mass is 10.1. The Morgan fingerprint density at radius 2 is 1.61 bits per heavy atom. The van der Waals surface area contributed by atoms with E-state index in [4.69, 9.17) is 9.90 Å². The largest absolute Gasteiger partial charge is 0.490 e. The van der Waals surface area contributed by atoms with Gasteiger partial charge in [0.25, 0.3) is 0 Å². The first kappa shape index (κ1) is 28.9. The highest BCUT2D eigenvalue weighted by Gasteiger charge is 2.38. The summed E-state index contributed by atoms with van der Waals surface area (Å²) in [6.45, 7) is 10.8. The first-order valence-electron chi connectivity index (χ1n) is 10.6. The predicted molar refractivity (Wildman–Crippen MR) is 117 cm³/mol. The van der Waals surface area contributed by atoms with Crippen molar-refractivity contribution in [1.82, 2.24) is 14.5 Å². The van der Waals surface area contributed by atoms with E-state index in [0.717, 1.165) is 42.6 Å². The van der Waals surface area contributed by atoms with Crippen molar-refractivity contribution in [3.63, 3.8) is 0 Å². The fourth-order valence-electron chi connectivity index (χ4n) is 3.13. The predicted octanol–water partition coefficient (Wildman–Crippen LogP) is 2.47. The number of amides is 1. The van der Waals surface area contributed by atoms with Crippen molar-refractivity contribution < 1.29 is 36.3 Å². The normalized spacial score (nSPS) is 14.6. The highest BCUT2D eigenvalue weighted by molar-refractivity contribution is 7.89. The maximum Gasteiger partial charge on any atom is 0.490 e. The van der Waals surface area contributed by atoms with Crippen LogP contribution in [0.5, 0.6) is 0 Å². The molecule has 2 rings (SSSR count). The van der Waals surface area contributed by atoms with Crippen molar-refractivity contribution in [2.24, 2.45) is 0 Å². The van der Waals surface area contributed by atoms with Gasteiger partial charge >= 0.3 is 12.1 Å². The van der Waals surface area contributed by atoms with Crippen molar-refractivity contribution in [2.75, 3.05) is 39.3 Å². The number of aliphatic carboxylic acids is 1. The van der Waals surface area contributed by atoms with E-state index < -0.39 is 22.2 Å². The molecule has 1 heterocycles. The molecule has 0 aliphatic carbocycles. The third-order valence-electron chi connectivity index (χ3n) is 5.19. The van der Waals surface area contributed by atoms with Gasteiger partial charge < -0.3 is 15.3 Å². The van der Waals surface area contributed by atoms with Crippen molar-refractivity contribution in [1.29, 1.82) is 0 Å². The van der Waals surface area contributed by atoms with Gasteiger partial charge in [0.05, 0.1) is 11.4 Å². The number of hydrogen-bond donors (Lipinski definition) is 2. The molecule has 1 aliphatic heterocycles. The second-order valence-corrected chi connectivity index (χ2v) is 9.73. The molecule has 1 aliphatic rings. The Kier molecular flexibility index (Phi) is 10.8. The minimum atomic E-state index is -5.08. The fourth-order valence-corrected chi connectivity index (χ4v) is 4.85. The number of unbranched alkanes of at least 4 members (excludes halogenated alkanes) is 1. The van der Waals surface area contributed by atoms with Crippen LogP contribution in [0.3, 0.4) is 0 Å². The first-order valence-corrected chi connectivity index (χ1v) is 12.0. The number of benzene rings is 1. The molecule has 0 bridgehead atoms. The number of rotatable bonds is 7. The van der Waals surface area contributed by atoms with Gasteiger partial charge in [-0.25, -0.2) is 13.2 Å². The molecular weight excluding hydrogens is 463 g/mol. The van der Waals surface area contributed by atoms with Crippen LogP contribution in [0, 0.1) is 20.8 Å². The SMILES string of the molecule is CCCCN(CC(=O)N1CCNCC1)S(=O)(=O)c1cc(C)c(C)cc1C.O=C(O)C(F)(F)F. The number of hydrogen-bond acceptors (Lipinski definition) is 5. The van der Waals surface area contributed by atoms with Crippen molar-refractivity contribution in [3.8, 4) is 0 Å². The van der Waals surface area contributed by atoms with E-state index in [-0.39, 0.29) is 12.5 Å². The van der Waals surface area contributed by atoms with E-state index in [1.54, 1.807) is 11.0 Å². The number of carbonyl (C=O) groups is 2. The molecule has 0 spiro atoms. The van der Waals surface area contributed by atoms with Crippen LogP contribution in [-0.2, 0) is 19.6 Å². The molecule has 1 aromatic rings. The minimum absolute atomic E-state index is 0.0886. The molecule has 1 aromatic carbocycles. The van der Waals surface area contributed by atoms with Crippen molar-refractivity contribution in [3.05, 3.63) is 28.8 Å². The quantitative estimate of drug-likeness (QED) is 0.602. The number of carbonyl (C=O) groups excluding carboxylic acids is 1. The molecule has 0 aromatic heterocycles. The summed E-state index contributed by atoms with van der Waals surface area (Å²) in [5.74, 6) is -2.87. The topological polar surface area (TPSA) is 107 Å². The summed E-state index contributed by atoms with van der Waals surface area (Å²) < 4.78 is 59.7. The molecular formula is C21H32F3N3O5S. The molecule has 188 valence electrons. The standard InChI is InChI=1S/C19H31N3O3S.C2HF3O2/c1-5-6-9-22(14-19(23)21-10-7-20-8-11-21)26(24,25)18-13-16(3)15(2)12-17(18)4;3-2(4,5)1(6)7/h12-13,20H,5-11,14H2,1-4H3;(H,6,7). The Balaban J connectivity index is 0.000000675. The summed E-state index contributed by atoms with van der Waals surface area (Å²) in [5, 5.41) is 10.3. The van der Waals surface area contributed by atoms with Gasteiger partial charge in [0.15, 0.2) is 0 Å². The number of aryl methyl sites for hydroxylation is 3. The molecule has 0 radical (unpaired) electrons. The third kappa shape index (κ3) is 8.59. The first-order chi connectivity index (χ1) is 15.2. The average molecular weight is 496 g/mol. The zero-order valence-corrected chi connectivity index (χ0v) is 20.1. The zero-order valence-electron chi connectivity index (χ0n) is 19.3. The van der Waals surface area contributed by atoms with Gasteiger partial charge in [-0.05, 0) is 49.9 Å². The lowest BCUT2D eigenvalue weighted by molar-refractivity contribution is -0.192. The van der Waals surface area contributed by atoms with Crippen LogP contribution in [0.4, 0.5) is 13.2 Å². The van der Waals surface area contributed by atoms with E-state index in [9.17, 15) is 26.4 Å². The number of nitrogens with one attached hydrogen (secondary N) is 1. The smallest absolute Gasteiger partial charge is 0.475 e. The number of sulfonamides is 1. The lowest BCUT2D eigenvalue weighted by Crippen LogP contribution is -2.50. The van der Waals surface area contributed by atoms with Crippen LogP contribution in [-0.4, -0.2) is 80.1 Å². The number of piperazine rings is 1. The summed E-state index contributed by atoms with van der Waals surface area (Å²) in [7, 11) is -3.71. The maximum atomic E-state index is 13.3. The number of halogens is 3. The second kappa shape index (κ2) is 12.3. The van der Waals surface area contributed by atoms with Crippen LogP contribution >= 0.6 is 0 Å². The molecule has 12 heteroatoms. The van der Waals surface area contributed by atoms with Gasteiger partial charge in [0.2, 0.25) is 15.9 Å². The highest BCUT2D eigenvalue weighted by atomic mass is 32.2. The van der Waals surface area contributed by atoms with Gasteiger partial charge in [-0.15, -0.1) is 0 Å². The molecule has 0 saturated carbocycles. The van der Waals surface area contributed by atoms with Crippen molar-refractivity contribution in [2.45, 2.75) is 51.6 Å². The van der Waals surface area contributed by atoms with Gasteiger partial charge in [0.1, 0.15) is 0 Å². The second-order valence-electron chi connectivity index (χ2n) is 7.83. The summed E-state index contributed by atoms with van der Waals surface area (Å²) in [6.07, 6.45) is -3.47. The monoisotopic (exact) mass is 495 g/mol. The van der Waals surface area contributed by atoms with Gasteiger partial charge in [-0.1, -0.05) is 19.4 Å². The van der Waals surface area contributed by atoms with Crippen LogP contribution < -0.4 is 5.32 Å². The Bertz CT molecular complexity index is 930. The van der Waals surface area contributed by atoms with Crippen LogP contribution in [0.25, 0.3) is 0 Å². The number of nitrogens with zero attached hydrogens (tertiary/aromatic N) is 2. The van der Waals surface area contributed by atoms with E-state index in [1.165, 1.54) is 4.31 Å². The Hall–Kier alpha value is -2.18. The maximum absolute atomic E-state index is 13.3. The van der Waals surface area contributed by atoms with Gasteiger partial charge in [-0.2, -0.15) is 17.5 Å². The van der Waals surface area contributed by atoms with Gasteiger partial charge in [-0.3, -0.25) is 4.79 Å². The molecule has 1 amide bonds. The summed E-state index contributed by atoms with van der Waals surface area (Å²) in [4.78, 5) is 23.6. The Morgan fingerprint density at radius 1 is 1.09 bits per heavy atom. The molecule has 33 heavy (non-hydrogen) atoms. The van der Waals surface area contributed by atoms with Crippen molar-refractivity contribution >= 4 is 21.9 Å². The Labute approximate surface area is 192 Å². The summed E-state index contributed by atoms with van der Waals surface area (Å²) in [5.41, 5.74) is 2.74. The summed E-state index contributed by atoms with van der Waals surface area (Å²) >= 11 is 0.